The van der Waals surface area contributed by atoms with E-state index in [0.717, 1.165) is 0 Å². The van der Waals surface area contributed by atoms with Gasteiger partial charge in [0.05, 0.1) is 0 Å². The van der Waals surface area contributed by atoms with Crippen molar-refractivity contribution in [3.8, 4) is 0 Å². The molecule has 0 amide bonds. The second-order valence-electron chi connectivity index (χ2n) is 7.81. The molecule has 2 saturated heterocycles. The van der Waals surface area contributed by atoms with Gasteiger partial charge in [-0.05, 0) is 60.7 Å². The van der Waals surface area contributed by atoms with Crippen molar-refractivity contribution in [2.24, 2.45) is 0 Å². The monoisotopic (exact) mass is 281 g/mol. The summed E-state index contributed by atoms with van der Waals surface area (Å²) in [7, 11) is 2.24. The fraction of sp³-hybridized carbons (Fsp3) is 1.00. The zero-order chi connectivity index (χ0) is 14.8. The van der Waals surface area contributed by atoms with Crippen LogP contribution in [0, 0.1) is 0 Å². The number of likely N-dealkylation sites (tertiary alicyclic amines) is 1. The summed E-state index contributed by atoms with van der Waals surface area (Å²) >= 11 is 0. The molecule has 118 valence electrons. The van der Waals surface area contributed by atoms with Gasteiger partial charge in [-0.2, -0.15) is 0 Å². The predicted molar refractivity (Wildman–Crippen MR) is 87.3 cm³/mol. The second kappa shape index (κ2) is 6.33. The summed E-state index contributed by atoms with van der Waals surface area (Å²) in [6, 6.07) is 0. The highest BCUT2D eigenvalue weighted by molar-refractivity contribution is 5.04. The molecule has 2 aliphatic heterocycles. The molecule has 0 atom stereocenters. The minimum absolute atomic E-state index is 0.235. The van der Waals surface area contributed by atoms with Gasteiger partial charge in [-0.15, -0.1) is 0 Å². The molecule has 2 rings (SSSR count). The molecule has 0 unspecified atom stereocenters. The fourth-order valence-corrected chi connectivity index (χ4v) is 3.77. The quantitative estimate of drug-likeness (QED) is 0.787. The van der Waals surface area contributed by atoms with Crippen LogP contribution in [-0.4, -0.2) is 72.1 Å². The van der Waals surface area contributed by atoms with Crippen molar-refractivity contribution in [1.82, 2.24) is 14.7 Å². The molecule has 3 heteroatoms. The van der Waals surface area contributed by atoms with Crippen molar-refractivity contribution >= 4 is 0 Å². The molecule has 2 heterocycles. The van der Waals surface area contributed by atoms with E-state index in [2.05, 4.69) is 49.4 Å². The SMILES string of the molecule is CN1CCN(C(C)(C)C(C)(C)N2CCCCCC2)CC1. The van der Waals surface area contributed by atoms with Crippen LogP contribution in [0.5, 0.6) is 0 Å². The maximum absolute atomic E-state index is 2.76. The van der Waals surface area contributed by atoms with Crippen molar-refractivity contribution in [2.75, 3.05) is 46.3 Å². The van der Waals surface area contributed by atoms with E-state index in [1.54, 1.807) is 0 Å². The molecular formula is C17H35N3. The molecular weight excluding hydrogens is 246 g/mol. The number of nitrogens with zero attached hydrogens (tertiary/aromatic N) is 3. The van der Waals surface area contributed by atoms with Gasteiger partial charge in [0.15, 0.2) is 0 Å². The third-order valence-electron chi connectivity index (χ3n) is 6.19. The van der Waals surface area contributed by atoms with Crippen LogP contribution in [-0.2, 0) is 0 Å². The molecule has 0 N–H and O–H groups in total. The summed E-state index contributed by atoms with van der Waals surface area (Å²) in [6.45, 7) is 17.3. The van der Waals surface area contributed by atoms with Crippen molar-refractivity contribution in [1.29, 1.82) is 0 Å². The first-order valence-corrected chi connectivity index (χ1v) is 8.54. The van der Waals surface area contributed by atoms with Crippen molar-refractivity contribution < 1.29 is 0 Å². The third kappa shape index (κ3) is 3.20. The topological polar surface area (TPSA) is 9.72 Å². The summed E-state index contributed by atoms with van der Waals surface area (Å²) in [5, 5.41) is 0. The first kappa shape index (κ1) is 16.3. The Balaban J connectivity index is 2.08. The molecule has 0 aromatic carbocycles. The van der Waals surface area contributed by atoms with Gasteiger partial charge < -0.3 is 4.90 Å². The van der Waals surface area contributed by atoms with Crippen LogP contribution in [0.1, 0.15) is 53.4 Å². The van der Waals surface area contributed by atoms with Gasteiger partial charge in [-0.1, -0.05) is 12.8 Å². The summed E-state index contributed by atoms with van der Waals surface area (Å²) in [5.74, 6) is 0. The van der Waals surface area contributed by atoms with Gasteiger partial charge >= 0.3 is 0 Å². The highest BCUT2D eigenvalue weighted by Crippen LogP contribution is 2.35. The van der Waals surface area contributed by atoms with Crippen LogP contribution in [0.25, 0.3) is 0 Å². The average Bonchev–Trinajstić information content (AvgIpc) is 2.68. The molecule has 0 aromatic heterocycles. The van der Waals surface area contributed by atoms with E-state index < -0.39 is 0 Å². The molecule has 2 fully saturated rings. The lowest BCUT2D eigenvalue weighted by atomic mass is 9.78. The van der Waals surface area contributed by atoms with Gasteiger partial charge in [-0.3, -0.25) is 9.80 Å². The standard InChI is InChI=1S/C17H35N3/c1-16(2,19-10-8-6-7-9-11-19)17(3,4)20-14-12-18(5)13-15-20/h6-15H2,1-5H3. The van der Waals surface area contributed by atoms with Crippen molar-refractivity contribution in [2.45, 2.75) is 64.5 Å². The Bertz CT molecular complexity index is 295. The number of likely N-dealkylation sites (N-methyl/N-ethyl adjacent to an activating group) is 1. The summed E-state index contributed by atoms with van der Waals surface area (Å²) in [6.07, 6.45) is 5.59. The van der Waals surface area contributed by atoms with Gasteiger partial charge in [0, 0.05) is 37.3 Å². The predicted octanol–water partition coefficient (Wildman–Crippen LogP) is 2.67. The van der Waals surface area contributed by atoms with Gasteiger partial charge in [-0.25, -0.2) is 0 Å². The Morgan fingerprint density at radius 1 is 0.550 bits per heavy atom. The second-order valence-corrected chi connectivity index (χ2v) is 7.81. The third-order valence-corrected chi connectivity index (χ3v) is 6.19. The minimum atomic E-state index is 0.235. The molecule has 0 bridgehead atoms. The van der Waals surface area contributed by atoms with Crippen LogP contribution < -0.4 is 0 Å². The molecule has 0 aliphatic carbocycles. The van der Waals surface area contributed by atoms with Crippen molar-refractivity contribution in [3.05, 3.63) is 0 Å². The van der Waals surface area contributed by atoms with Crippen LogP contribution in [0.2, 0.25) is 0 Å². The van der Waals surface area contributed by atoms with Crippen molar-refractivity contribution in [3.63, 3.8) is 0 Å². The molecule has 2 aliphatic rings. The lowest BCUT2D eigenvalue weighted by molar-refractivity contribution is -0.0513. The summed E-state index contributed by atoms with van der Waals surface area (Å²) < 4.78 is 0. The lowest BCUT2D eigenvalue weighted by Gasteiger charge is -2.56. The first-order chi connectivity index (χ1) is 9.35. The van der Waals surface area contributed by atoms with E-state index >= 15 is 0 Å². The van der Waals surface area contributed by atoms with Crippen LogP contribution in [0.15, 0.2) is 0 Å². The average molecular weight is 281 g/mol. The number of hydrogen-bond acceptors (Lipinski definition) is 3. The van der Waals surface area contributed by atoms with E-state index in [-0.39, 0.29) is 11.1 Å². The largest absolute Gasteiger partial charge is 0.304 e. The molecule has 3 nitrogen and oxygen atoms in total. The van der Waals surface area contributed by atoms with E-state index in [4.69, 9.17) is 0 Å². The van der Waals surface area contributed by atoms with E-state index in [1.165, 1.54) is 65.0 Å². The fourth-order valence-electron chi connectivity index (χ4n) is 3.77. The van der Waals surface area contributed by atoms with Gasteiger partial charge in [0.25, 0.3) is 0 Å². The minimum Gasteiger partial charge on any atom is -0.304 e. The number of piperazine rings is 1. The lowest BCUT2D eigenvalue weighted by Crippen LogP contribution is -2.68. The molecule has 0 spiro atoms. The number of hydrogen-bond donors (Lipinski definition) is 0. The van der Waals surface area contributed by atoms with E-state index in [9.17, 15) is 0 Å². The molecule has 0 aromatic rings. The van der Waals surface area contributed by atoms with Gasteiger partial charge in [0.2, 0.25) is 0 Å². The van der Waals surface area contributed by atoms with E-state index in [0.29, 0.717) is 0 Å². The molecule has 0 radical (unpaired) electrons. The Kier molecular flexibility index (Phi) is 5.14. The van der Waals surface area contributed by atoms with Crippen LogP contribution in [0.4, 0.5) is 0 Å². The zero-order valence-electron chi connectivity index (χ0n) is 14.4. The maximum atomic E-state index is 2.76. The number of rotatable bonds is 3. The first-order valence-electron chi connectivity index (χ1n) is 8.54. The highest BCUT2D eigenvalue weighted by atomic mass is 15.3. The smallest absolute Gasteiger partial charge is 0.0332 e. The maximum Gasteiger partial charge on any atom is 0.0332 e. The van der Waals surface area contributed by atoms with Gasteiger partial charge in [0.1, 0.15) is 0 Å². The van der Waals surface area contributed by atoms with Crippen LogP contribution >= 0.6 is 0 Å². The zero-order valence-corrected chi connectivity index (χ0v) is 14.4. The Labute approximate surface area is 126 Å². The van der Waals surface area contributed by atoms with Crippen LogP contribution in [0.3, 0.4) is 0 Å². The molecule has 0 saturated carbocycles. The summed E-state index contributed by atoms with van der Waals surface area (Å²) in [5.41, 5.74) is 0.478. The Morgan fingerprint density at radius 2 is 0.950 bits per heavy atom. The normalized spacial score (nSPS) is 25.6. The Morgan fingerprint density at radius 3 is 1.40 bits per heavy atom. The highest BCUT2D eigenvalue weighted by Gasteiger charge is 2.45. The van der Waals surface area contributed by atoms with E-state index in [1.807, 2.05) is 0 Å². The Hall–Kier alpha value is -0.120. The summed E-state index contributed by atoms with van der Waals surface area (Å²) in [4.78, 5) is 7.93. The molecule has 20 heavy (non-hydrogen) atoms.